The van der Waals surface area contributed by atoms with E-state index in [4.69, 9.17) is 4.52 Å². The summed E-state index contributed by atoms with van der Waals surface area (Å²) in [5.41, 5.74) is -2.78. The van der Waals surface area contributed by atoms with Gasteiger partial charge in [0.15, 0.2) is 5.82 Å². The quantitative estimate of drug-likeness (QED) is 0.332. The topological polar surface area (TPSA) is 59.2 Å². The molecule has 7 saturated carbocycles. The number of nitrogens with zero attached hydrogens (tertiary/aromatic N) is 3. The van der Waals surface area contributed by atoms with Crippen molar-refractivity contribution in [2.24, 2.45) is 17.3 Å². The number of anilines is 1. The maximum Gasteiger partial charge on any atom is 0.403 e. The standard InChI is InChI=1S/C28H30BrF4N3O2/c29-18-2-1-3-19(12-18)36(21(37)20-15-26(30)13-17(20)14-26)16-24-4-7-25(8-5-24,9-6-24)22-34-23(38-35-22)27(10-11-27)28(31,32)33/h1-3,12,17,20H,4-11,13-16H2/t17?,20-,24?,25?,26?/m1/s1. The van der Waals surface area contributed by atoms with Gasteiger partial charge in [0, 0.05) is 28.0 Å². The van der Waals surface area contributed by atoms with Crippen molar-refractivity contribution in [1.82, 2.24) is 10.1 Å². The highest BCUT2D eigenvalue weighted by molar-refractivity contribution is 9.10. The van der Waals surface area contributed by atoms with E-state index in [1.807, 2.05) is 29.2 Å². The lowest BCUT2D eigenvalue weighted by atomic mass is 9.53. The molecule has 7 aliphatic carbocycles. The molecule has 0 saturated heterocycles. The van der Waals surface area contributed by atoms with Crippen molar-refractivity contribution >= 4 is 27.5 Å². The van der Waals surface area contributed by atoms with Crippen LogP contribution in [0, 0.1) is 17.3 Å². The highest BCUT2D eigenvalue weighted by Crippen LogP contribution is 2.62. The Bertz CT molecular complexity index is 1260. The summed E-state index contributed by atoms with van der Waals surface area (Å²) in [4.78, 5) is 20.1. The lowest BCUT2D eigenvalue weighted by molar-refractivity contribution is -0.166. The van der Waals surface area contributed by atoms with E-state index in [1.54, 1.807) is 0 Å². The Morgan fingerprint density at radius 3 is 2.29 bits per heavy atom. The zero-order valence-corrected chi connectivity index (χ0v) is 22.6. The van der Waals surface area contributed by atoms with Gasteiger partial charge in [-0.2, -0.15) is 18.2 Å². The lowest BCUT2D eigenvalue weighted by Gasteiger charge is -2.53. The average molecular weight is 596 g/mol. The highest BCUT2D eigenvalue weighted by Gasteiger charge is 2.68. The van der Waals surface area contributed by atoms with Gasteiger partial charge in [-0.1, -0.05) is 27.2 Å². The number of fused-ring (bicyclic) bond motifs is 4. The zero-order chi connectivity index (χ0) is 26.6. The molecule has 9 rings (SSSR count). The summed E-state index contributed by atoms with van der Waals surface area (Å²) < 4.78 is 61.6. The largest absolute Gasteiger partial charge is 0.403 e. The molecule has 1 aromatic heterocycles. The second-order valence-electron chi connectivity index (χ2n) is 12.8. The van der Waals surface area contributed by atoms with Crippen molar-refractivity contribution in [3.05, 3.63) is 40.5 Å². The SMILES string of the molecule is O=C([C@@H]1CC2(F)CC1C2)N(CC12CCC(c3noc(C4(C(F)(F)F)CC4)n3)(CC1)CC2)c1cccc(Br)c1. The molecule has 1 aromatic carbocycles. The van der Waals surface area contributed by atoms with Crippen LogP contribution in [-0.2, 0) is 15.6 Å². The first-order chi connectivity index (χ1) is 18.0. The van der Waals surface area contributed by atoms with Gasteiger partial charge in [0.05, 0.1) is 0 Å². The predicted molar refractivity (Wildman–Crippen MR) is 134 cm³/mol. The Kier molecular flexibility index (Phi) is 5.30. The van der Waals surface area contributed by atoms with E-state index in [0.29, 0.717) is 31.6 Å². The number of alkyl halides is 4. The van der Waals surface area contributed by atoms with Gasteiger partial charge in [-0.3, -0.25) is 4.79 Å². The van der Waals surface area contributed by atoms with Gasteiger partial charge in [-0.15, -0.1) is 0 Å². The number of halogens is 5. The second kappa shape index (κ2) is 8.04. The van der Waals surface area contributed by atoms with E-state index in [0.717, 1.165) is 48.7 Å². The van der Waals surface area contributed by atoms with Crippen LogP contribution in [0.25, 0.3) is 0 Å². The number of amides is 1. The third kappa shape index (κ3) is 3.71. The Hall–Kier alpha value is -1.97. The van der Waals surface area contributed by atoms with Crippen molar-refractivity contribution < 1.29 is 26.9 Å². The fourth-order valence-electron chi connectivity index (χ4n) is 7.87. The molecule has 0 radical (unpaired) electrons. The molecule has 38 heavy (non-hydrogen) atoms. The van der Waals surface area contributed by atoms with Crippen LogP contribution >= 0.6 is 15.9 Å². The molecule has 0 unspecified atom stereocenters. The number of aromatic nitrogens is 2. The summed E-state index contributed by atoms with van der Waals surface area (Å²) in [5, 5.41) is 4.08. The molecule has 204 valence electrons. The summed E-state index contributed by atoms with van der Waals surface area (Å²) in [6.07, 6.45) is 1.68. The molecule has 1 amide bonds. The van der Waals surface area contributed by atoms with Crippen LogP contribution in [-0.4, -0.2) is 34.4 Å². The molecule has 4 bridgehead atoms. The molecule has 7 fully saturated rings. The maximum absolute atomic E-state index is 14.7. The molecule has 5 nitrogen and oxygen atoms in total. The summed E-state index contributed by atoms with van der Waals surface area (Å²) in [7, 11) is 0. The van der Waals surface area contributed by atoms with Crippen molar-refractivity contribution in [1.29, 1.82) is 0 Å². The zero-order valence-electron chi connectivity index (χ0n) is 21.0. The van der Waals surface area contributed by atoms with Gasteiger partial charge in [-0.05, 0) is 100 Å². The molecular formula is C28H30BrF4N3O2. The number of rotatable bonds is 6. The van der Waals surface area contributed by atoms with Gasteiger partial charge in [0.2, 0.25) is 11.8 Å². The third-order valence-corrected chi connectivity index (χ3v) is 11.1. The van der Waals surface area contributed by atoms with Crippen LogP contribution in [0.4, 0.5) is 23.2 Å². The fourth-order valence-corrected chi connectivity index (χ4v) is 8.26. The monoisotopic (exact) mass is 595 g/mol. The number of hydrogen-bond acceptors (Lipinski definition) is 4. The van der Waals surface area contributed by atoms with E-state index in [9.17, 15) is 22.4 Å². The van der Waals surface area contributed by atoms with Gasteiger partial charge in [-0.25, -0.2) is 4.39 Å². The smallest absolute Gasteiger partial charge is 0.338 e. The normalized spacial score (nSPS) is 36.7. The van der Waals surface area contributed by atoms with Crippen LogP contribution in [0.5, 0.6) is 0 Å². The Labute approximate surface area is 226 Å². The van der Waals surface area contributed by atoms with E-state index < -0.39 is 17.3 Å². The van der Waals surface area contributed by atoms with Crippen LogP contribution in [0.15, 0.2) is 33.3 Å². The Morgan fingerprint density at radius 2 is 1.74 bits per heavy atom. The van der Waals surface area contributed by atoms with E-state index in [1.165, 1.54) is 0 Å². The first-order valence-corrected chi connectivity index (χ1v) is 14.4. The molecule has 2 aromatic rings. The van der Waals surface area contributed by atoms with Gasteiger partial charge >= 0.3 is 6.18 Å². The van der Waals surface area contributed by atoms with Crippen LogP contribution < -0.4 is 4.90 Å². The molecule has 10 heteroatoms. The first kappa shape index (κ1) is 25.0. The number of carbonyl (C=O) groups is 1. The number of carbonyl (C=O) groups excluding carboxylic acids is 1. The van der Waals surface area contributed by atoms with E-state index in [-0.39, 0.29) is 47.3 Å². The number of benzene rings is 1. The first-order valence-electron chi connectivity index (χ1n) is 13.6. The molecule has 0 spiro atoms. The van der Waals surface area contributed by atoms with Gasteiger partial charge < -0.3 is 9.42 Å². The Balaban J connectivity index is 1.11. The third-order valence-electron chi connectivity index (χ3n) is 10.6. The molecule has 0 aliphatic heterocycles. The van der Waals surface area contributed by atoms with Gasteiger partial charge in [0.25, 0.3) is 0 Å². The van der Waals surface area contributed by atoms with Crippen molar-refractivity contribution in [2.75, 3.05) is 11.4 Å². The average Bonchev–Trinajstić information content (AvgIpc) is 3.25. The van der Waals surface area contributed by atoms with Crippen LogP contribution in [0.1, 0.15) is 82.3 Å². The molecule has 1 atom stereocenters. The molecule has 1 heterocycles. The predicted octanol–water partition coefficient (Wildman–Crippen LogP) is 7.19. The lowest BCUT2D eigenvalue weighted by Crippen LogP contribution is -2.52. The molecule has 7 aliphatic rings. The minimum absolute atomic E-state index is 0.000907. The minimum Gasteiger partial charge on any atom is -0.338 e. The van der Waals surface area contributed by atoms with E-state index in [2.05, 4.69) is 26.1 Å². The summed E-state index contributed by atoms with van der Waals surface area (Å²) >= 11 is 3.53. The van der Waals surface area contributed by atoms with Crippen molar-refractivity contribution in [2.45, 2.75) is 93.3 Å². The highest BCUT2D eigenvalue weighted by atomic mass is 79.9. The van der Waals surface area contributed by atoms with Gasteiger partial charge in [0.1, 0.15) is 11.1 Å². The number of hydrogen-bond donors (Lipinski definition) is 0. The summed E-state index contributed by atoms with van der Waals surface area (Å²) in [6.45, 7) is 0.565. The minimum atomic E-state index is -4.38. The molecule has 0 N–H and O–H groups in total. The summed E-state index contributed by atoms with van der Waals surface area (Å²) in [6, 6.07) is 7.72. The second-order valence-corrected chi connectivity index (χ2v) is 13.7. The van der Waals surface area contributed by atoms with Crippen molar-refractivity contribution in [3.63, 3.8) is 0 Å². The van der Waals surface area contributed by atoms with E-state index >= 15 is 0 Å². The fraction of sp³-hybridized carbons (Fsp3) is 0.679. The summed E-state index contributed by atoms with van der Waals surface area (Å²) in [5.74, 6) is -0.00250. The van der Waals surface area contributed by atoms with Crippen LogP contribution in [0.3, 0.4) is 0 Å². The van der Waals surface area contributed by atoms with Crippen molar-refractivity contribution in [3.8, 4) is 0 Å². The molecular weight excluding hydrogens is 566 g/mol. The Morgan fingerprint density at radius 1 is 1.05 bits per heavy atom. The van der Waals surface area contributed by atoms with Crippen LogP contribution in [0.2, 0.25) is 0 Å². The maximum atomic E-state index is 14.7.